The highest BCUT2D eigenvalue weighted by molar-refractivity contribution is 6.30. The van der Waals surface area contributed by atoms with Crippen LogP contribution in [0.25, 0.3) is 0 Å². The summed E-state index contributed by atoms with van der Waals surface area (Å²) >= 11 is 5.90. The lowest BCUT2D eigenvalue weighted by Crippen LogP contribution is -2.51. The van der Waals surface area contributed by atoms with E-state index in [-0.39, 0.29) is 6.03 Å². The number of piperazine rings is 1. The Morgan fingerprint density at radius 3 is 2.48 bits per heavy atom. The van der Waals surface area contributed by atoms with Gasteiger partial charge in [0, 0.05) is 44.3 Å². The van der Waals surface area contributed by atoms with E-state index in [1.807, 2.05) is 17.0 Å². The van der Waals surface area contributed by atoms with Crippen LogP contribution < -0.4 is 5.32 Å². The van der Waals surface area contributed by atoms with Crippen molar-refractivity contribution in [2.24, 2.45) is 0 Å². The molecule has 1 aliphatic heterocycles. The Morgan fingerprint density at radius 2 is 1.86 bits per heavy atom. The third kappa shape index (κ3) is 5.21. The Morgan fingerprint density at radius 1 is 1.19 bits per heavy atom. The summed E-state index contributed by atoms with van der Waals surface area (Å²) in [6.45, 7) is 7.26. The van der Waals surface area contributed by atoms with E-state index in [1.165, 1.54) is 5.56 Å². The molecule has 2 amide bonds. The molecule has 0 atom stereocenters. The molecular weight excluding hydrogens is 286 g/mol. The number of unbranched alkanes of at least 4 members (excludes halogenated alkanes) is 1. The maximum absolute atomic E-state index is 12.0. The van der Waals surface area contributed by atoms with Gasteiger partial charge >= 0.3 is 6.03 Å². The van der Waals surface area contributed by atoms with Gasteiger partial charge in [0.15, 0.2) is 0 Å². The van der Waals surface area contributed by atoms with Crippen molar-refractivity contribution in [3.8, 4) is 0 Å². The van der Waals surface area contributed by atoms with Gasteiger partial charge in [-0.15, -0.1) is 0 Å². The molecule has 1 aromatic carbocycles. The number of carbonyl (C=O) groups is 1. The highest BCUT2D eigenvalue weighted by atomic mass is 35.5. The molecule has 21 heavy (non-hydrogen) atoms. The van der Waals surface area contributed by atoms with Crippen LogP contribution >= 0.6 is 11.6 Å². The highest BCUT2D eigenvalue weighted by Gasteiger charge is 2.20. The molecule has 0 aliphatic carbocycles. The molecular formula is C16H24ClN3O. The summed E-state index contributed by atoms with van der Waals surface area (Å²) < 4.78 is 0. The first kappa shape index (κ1) is 16.1. The van der Waals surface area contributed by atoms with Crippen molar-refractivity contribution in [2.75, 3.05) is 32.7 Å². The number of nitrogens with one attached hydrogen (secondary N) is 1. The zero-order chi connectivity index (χ0) is 15.1. The molecule has 0 aromatic heterocycles. The third-order valence-corrected chi connectivity index (χ3v) is 4.04. The minimum atomic E-state index is 0.0783. The average Bonchev–Trinajstić information content (AvgIpc) is 2.50. The van der Waals surface area contributed by atoms with Gasteiger partial charge in [-0.1, -0.05) is 37.1 Å². The Kier molecular flexibility index (Phi) is 6.33. The molecule has 2 rings (SSSR count). The quantitative estimate of drug-likeness (QED) is 0.849. The molecule has 0 bridgehead atoms. The number of amides is 2. The number of hydrogen-bond donors (Lipinski definition) is 1. The zero-order valence-electron chi connectivity index (χ0n) is 12.6. The van der Waals surface area contributed by atoms with Crippen LogP contribution in [0.1, 0.15) is 25.3 Å². The SMILES string of the molecule is CCCCNC(=O)N1CCN(Cc2ccc(Cl)cc2)CC1. The number of urea groups is 1. The highest BCUT2D eigenvalue weighted by Crippen LogP contribution is 2.12. The Balaban J connectivity index is 1.72. The maximum atomic E-state index is 12.0. The van der Waals surface area contributed by atoms with Crippen molar-refractivity contribution in [3.05, 3.63) is 34.9 Å². The summed E-state index contributed by atoms with van der Waals surface area (Å²) in [7, 11) is 0. The summed E-state index contributed by atoms with van der Waals surface area (Å²) in [5, 5.41) is 3.75. The van der Waals surface area contributed by atoms with Gasteiger partial charge in [0.05, 0.1) is 0 Å². The third-order valence-electron chi connectivity index (χ3n) is 3.79. The summed E-state index contributed by atoms with van der Waals surface area (Å²) in [5.41, 5.74) is 1.26. The molecule has 4 nitrogen and oxygen atoms in total. The van der Waals surface area contributed by atoms with Gasteiger partial charge in [0.2, 0.25) is 0 Å². The van der Waals surface area contributed by atoms with Gasteiger partial charge in [0.1, 0.15) is 0 Å². The number of nitrogens with zero attached hydrogens (tertiary/aromatic N) is 2. The number of rotatable bonds is 5. The topological polar surface area (TPSA) is 35.6 Å². The molecule has 1 aromatic rings. The lowest BCUT2D eigenvalue weighted by molar-refractivity contribution is 0.135. The molecule has 0 unspecified atom stereocenters. The first-order valence-electron chi connectivity index (χ1n) is 7.68. The summed E-state index contributed by atoms with van der Waals surface area (Å²) in [6, 6.07) is 8.05. The second-order valence-corrected chi connectivity index (χ2v) is 5.91. The molecule has 1 saturated heterocycles. The zero-order valence-corrected chi connectivity index (χ0v) is 13.4. The second-order valence-electron chi connectivity index (χ2n) is 5.48. The fourth-order valence-electron chi connectivity index (χ4n) is 2.44. The fourth-order valence-corrected chi connectivity index (χ4v) is 2.57. The van der Waals surface area contributed by atoms with Crippen molar-refractivity contribution in [3.63, 3.8) is 0 Å². The predicted octanol–water partition coefficient (Wildman–Crippen LogP) is 2.97. The van der Waals surface area contributed by atoms with Crippen molar-refractivity contribution in [2.45, 2.75) is 26.3 Å². The van der Waals surface area contributed by atoms with Gasteiger partial charge in [-0.05, 0) is 24.1 Å². The molecule has 5 heteroatoms. The van der Waals surface area contributed by atoms with Crippen molar-refractivity contribution < 1.29 is 4.79 Å². The van der Waals surface area contributed by atoms with Crippen LogP contribution in [0.3, 0.4) is 0 Å². The molecule has 1 aliphatic rings. The Labute approximate surface area is 132 Å². The first-order valence-corrected chi connectivity index (χ1v) is 8.06. The Bertz CT molecular complexity index is 441. The lowest BCUT2D eigenvalue weighted by atomic mass is 10.2. The van der Waals surface area contributed by atoms with Gasteiger partial charge in [0.25, 0.3) is 0 Å². The summed E-state index contributed by atoms with van der Waals surface area (Å²) in [4.78, 5) is 16.2. The predicted molar refractivity (Wildman–Crippen MR) is 86.6 cm³/mol. The van der Waals surface area contributed by atoms with Gasteiger partial charge in [-0.25, -0.2) is 4.79 Å². The van der Waals surface area contributed by atoms with E-state index in [2.05, 4.69) is 29.3 Å². The number of carbonyl (C=O) groups excluding carboxylic acids is 1. The molecule has 1 N–H and O–H groups in total. The van der Waals surface area contributed by atoms with E-state index in [4.69, 9.17) is 11.6 Å². The van der Waals surface area contributed by atoms with Gasteiger partial charge in [-0.3, -0.25) is 4.90 Å². The van der Waals surface area contributed by atoms with E-state index in [0.717, 1.165) is 57.1 Å². The maximum Gasteiger partial charge on any atom is 0.317 e. The average molecular weight is 310 g/mol. The van der Waals surface area contributed by atoms with Crippen LogP contribution in [0.2, 0.25) is 5.02 Å². The minimum absolute atomic E-state index is 0.0783. The van der Waals surface area contributed by atoms with Crippen molar-refractivity contribution in [1.29, 1.82) is 0 Å². The normalized spacial score (nSPS) is 16.0. The van der Waals surface area contributed by atoms with E-state index >= 15 is 0 Å². The molecule has 0 spiro atoms. The van der Waals surface area contributed by atoms with E-state index in [1.54, 1.807) is 0 Å². The Hall–Kier alpha value is -1.26. The van der Waals surface area contributed by atoms with Crippen LogP contribution in [-0.2, 0) is 6.54 Å². The fraction of sp³-hybridized carbons (Fsp3) is 0.562. The number of benzene rings is 1. The van der Waals surface area contributed by atoms with Crippen LogP contribution in [0.5, 0.6) is 0 Å². The van der Waals surface area contributed by atoms with Crippen molar-refractivity contribution in [1.82, 2.24) is 15.1 Å². The lowest BCUT2D eigenvalue weighted by Gasteiger charge is -2.34. The number of halogens is 1. The summed E-state index contributed by atoms with van der Waals surface area (Å²) in [5.74, 6) is 0. The van der Waals surface area contributed by atoms with E-state index < -0.39 is 0 Å². The molecule has 0 saturated carbocycles. The molecule has 1 heterocycles. The monoisotopic (exact) mass is 309 g/mol. The van der Waals surface area contributed by atoms with Crippen molar-refractivity contribution >= 4 is 17.6 Å². The van der Waals surface area contributed by atoms with Gasteiger partial charge < -0.3 is 10.2 Å². The smallest absolute Gasteiger partial charge is 0.317 e. The second kappa shape index (κ2) is 8.25. The van der Waals surface area contributed by atoms with E-state index in [9.17, 15) is 4.79 Å². The summed E-state index contributed by atoms with van der Waals surface area (Å²) in [6.07, 6.45) is 2.15. The minimum Gasteiger partial charge on any atom is -0.338 e. The number of hydrogen-bond acceptors (Lipinski definition) is 2. The standard InChI is InChI=1S/C16H24ClN3O/c1-2-3-8-18-16(21)20-11-9-19(10-12-20)13-14-4-6-15(17)7-5-14/h4-7H,2-3,8-13H2,1H3,(H,18,21). The van der Waals surface area contributed by atoms with E-state index in [0.29, 0.717) is 0 Å². The van der Waals surface area contributed by atoms with Crippen LogP contribution in [-0.4, -0.2) is 48.6 Å². The molecule has 0 radical (unpaired) electrons. The molecule has 116 valence electrons. The van der Waals surface area contributed by atoms with Gasteiger partial charge in [-0.2, -0.15) is 0 Å². The molecule has 1 fully saturated rings. The van der Waals surface area contributed by atoms with Crippen LogP contribution in [0, 0.1) is 0 Å². The van der Waals surface area contributed by atoms with Crippen LogP contribution in [0.15, 0.2) is 24.3 Å². The largest absolute Gasteiger partial charge is 0.338 e. The van der Waals surface area contributed by atoms with Crippen LogP contribution in [0.4, 0.5) is 4.79 Å². The first-order chi connectivity index (χ1) is 10.2.